The molecular formula is C13H15N3O2S. The van der Waals surface area contributed by atoms with Gasteiger partial charge in [-0.3, -0.25) is 4.68 Å². The van der Waals surface area contributed by atoms with Gasteiger partial charge in [-0.05, 0) is 18.6 Å². The molecule has 0 amide bonds. The van der Waals surface area contributed by atoms with Crippen LogP contribution in [0.15, 0.2) is 35.4 Å². The zero-order valence-electron chi connectivity index (χ0n) is 10.8. The van der Waals surface area contributed by atoms with E-state index in [2.05, 4.69) is 10.4 Å². The predicted molar refractivity (Wildman–Crippen MR) is 72.8 cm³/mol. The number of aryl methyl sites for hydroxylation is 2. The fourth-order valence-electron chi connectivity index (χ4n) is 2.50. The number of sulfone groups is 1. The average molecular weight is 277 g/mol. The molecule has 0 aliphatic carbocycles. The van der Waals surface area contributed by atoms with Crippen LogP contribution in [0.3, 0.4) is 0 Å². The Morgan fingerprint density at radius 1 is 1.37 bits per heavy atom. The van der Waals surface area contributed by atoms with Crippen molar-refractivity contribution < 1.29 is 8.42 Å². The van der Waals surface area contributed by atoms with Gasteiger partial charge in [-0.1, -0.05) is 18.2 Å². The summed E-state index contributed by atoms with van der Waals surface area (Å²) in [5.74, 6) is 0.0979. The molecule has 2 aromatic rings. The van der Waals surface area contributed by atoms with Crippen LogP contribution in [0, 0.1) is 6.92 Å². The smallest absolute Gasteiger partial charge is 0.181 e. The third kappa shape index (κ3) is 2.02. The second kappa shape index (κ2) is 4.09. The standard InChI is InChI=1S/C13H15N3O2S/c1-9-11(7-16(2)15-9)14-12-8-19(17,18)13-6-4-3-5-10(12)13/h3-7,12,14H,8H2,1-2H3. The molecule has 0 saturated heterocycles. The average Bonchev–Trinajstić information content (AvgIpc) is 2.79. The van der Waals surface area contributed by atoms with Gasteiger partial charge in [0.2, 0.25) is 0 Å². The summed E-state index contributed by atoms with van der Waals surface area (Å²) in [7, 11) is -1.33. The van der Waals surface area contributed by atoms with E-state index in [4.69, 9.17) is 0 Å². The lowest BCUT2D eigenvalue weighted by molar-refractivity contribution is 0.598. The van der Waals surface area contributed by atoms with E-state index in [-0.39, 0.29) is 11.8 Å². The number of benzene rings is 1. The molecule has 6 heteroatoms. The van der Waals surface area contributed by atoms with Crippen LogP contribution in [0.4, 0.5) is 5.69 Å². The van der Waals surface area contributed by atoms with Crippen molar-refractivity contribution in [2.45, 2.75) is 17.9 Å². The first kappa shape index (κ1) is 12.2. The maximum Gasteiger partial charge on any atom is 0.181 e. The first-order valence-electron chi connectivity index (χ1n) is 6.06. The molecule has 1 aliphatic rings. The minimum atomic E-state index is -3.17. The van der Waals surface area contributed by atoms with Gasteiger partial charge in [0.1, 0.15) is 0 Å². The summed E-state index contributed by atoms with van der Waals surface area (Å²) in [6.07, 6.45) is 1.86. The molecular weight excluding hydrogens is 262 g/mol. The normalized spacial score (nSPS) is 20.2. The van der Waals surface area contributed by atoms with Crippen molar-refractivity contribution in [1.82, 2.24) is 9.78 Å². The van der Waals surface area contributed by atoms with Gasteiger partial charge in [-0.25, -0.2) is 8.42 Å². The SMILES string of the molecule is Cc1nn(C)cc1NC1CS(=O)(=O)c2ccccc21. The first-order chi connectivity index (χ1) is 8.97. The maximum atomic E-state index is 12.1. The van der Waals surface area contributed by atoms with E-state index in [0.717, 1.165) is 16.9 Å². The van der Waals surface area contributed by atoms with E-state index in [1.165, 1.54) is 0 Å². The van der Waals surface area contributed by atoms with E-state index in [9.17, 15) is 8.42 Å². The molecule has 0 radical (unpaired) electrons. The molecule has 5 nitrogen and oxygen atoms in total. The van der Waals surface area contributed by atoms with Gasteiger partial charge >= 0.3 is 0 Å². The van der Waals surface area contributed by atoms with Crippen LogP contribution in [0.1, 0.15) is 17.3 Å². The minimum absolute atomic E-state index is 0.0979. The summed E-state index contributed by atoms with van der Waals surface area (Å²) in [5.41, 5.74) is 2.58. The van der Waals surface area contributed by atoms with Crippen LogP contribution >= 0.6 is 0 Å². The number of rotatable bonds is 2. The number of nitrogens with zero attached hydrogens (tertiary/aromatic N) is 2. The molecule has 1 aromatic heterocycles. The zero-order chi connectivity index (χ0) is 13.6. The summed E-state index contributed by atoms with van der Waals surface area (Å²) in [6, 6.07) is 6.95. The highest BCUT2D eigenvalue weighted by Crippen LogP contribution is 2.35. The Balaban J connectivity index is 1.98. The van der Waals surface area contributed by atoms with E-state index in [1.54, 1.807) is 16.8 Å². The molecule has 2 heterocycles. The van der Waals surface area contributed by atoms with Crippen molar-refractivity contribution in [2.24, 2.45) is 7.05 Å². The lowest BCUT2D eigenvalue weighted by Gasteiger charge is -2.12. The topological polar surface area (TPSA) is 64.0 Å². The third-order valence-corrected chi connectivity index (χ3v) is 5.17. The molecule has 0 fully saturated rings. The Morgan fingerprint density at radius 3 is 2.79 bits per heavy atom. The lowest BCUT2D eigenvalue weighted by Crippen LogP contribution is -2.13. The van der Waals surface area contributed by atoms with Gasteiger partial charge in [0, 0.05) is 13.2 Å². The highest BCUT2D eigenvalue weighted by Gasteiger charge is 2.34. The van der Waals surface area contributed by atoms with Crippen molar-refractivity contribution in [1.29, 1.82) is 0 Å². The van der Waals surface area contributed by atoms with Crippen LogP contribution in [0.2, 0.25) is 0 Å². The number of hydrogen-bond acceptors (Lipinski definition) is 4. The summed E-state index contributed by atoms with van der Waals surface area (Å²) >= 11 is 0. The Kier molecular flexibility index (Phi) is 2.63. The highest BCUT2D eigenvalue weighted by atomic mass is 32.2. The van der Waals surface area contributed by atoms with E-state index in [1.807, 2.05) is 32.3 Å². The van der Waals surface area contributed by atoms with Crippen molar-refractivity contribution in [3.63, 3.8) is 0 Å². The summed E-state index contributed by atoms with van der Waals surface area (Å²) in [6.45, 7) is 1.90. The number of hydrogen-bond donors (Lipinski definition) is 1. The Bertz CT molecular complexity index is 734. The third-order valence-electron chi connectivity index (χ3n) is 3.36. The molecule has 1 atom stereocenters. The number of fused-ring (bicyclic) bond motifs is 1. The zero-order valence-corrected chi connectivity index (χ0v) is 11.6. The monoisotopic (exact) mass is 277 g/mol. The lowest BCUT2D eigenvalue weighted by atomic mass is 10.1. The summed E-state index contributed by atoms with van der Waals surface area (Å²) in [5, 5.41) is 7.53. The minimum Gasteiger partial charge on any atom is -0.374 e. The van der Waals surface area contributed by atoms with Gasteiger partial charge in [0.25, 0.3) is 0 Å². The Hall–Kier alpha value is -1.82. The molecule has 19 heavy (non-hydrogen) atoms. The van der Waals surface area contributed by atoms with Gasteiger partial charge in [0.05, 0.1) is 28.1 Å². The summed E-state index contributed by atoms with van der Waals surface area (Å²) < 4.78 is 25.9. The molecule has 0 saturated carbocycles. The highest BCUT2D eigenvalue weighted by molar-refractivity contribution is 7.91. The predicted octanol–water partition coefficient (Wildman–Crippen LogP) is 1.67. The van der Waals surface area contributed by atoms with Gasteiger partial charge in [-0.15, -0.1) is 0 Å². The maximum absolute atomic E-state index is 12.1. The molecule has 1 aliphatic heterocycles. The van der Waals surface area contributed by atoms with E-state index in [0.29, 0.717) is 4.90 Å². The largest absolute Gasteiger partial charge is 0.374 e. The fourth-order valence-corrected chi connectivity index (χ4v) is 4.24. The van der Waals surface area contributed by atoms with Crippen LogP contribution in [-0.2, 0) is 16.9 Å². The van der Waals surface area contributed by atoms with Crippen LogP contribution in [-0.4, -0.2) is 24.0 Å². The fraction of sp³-hybridized carbons (Fsp3) is 0.308. The Labute approximate surface area is 112 Å². The second-order valence-electron chi connectivity index (χ2n) is 4.82. The van der Waals surface area contributed by atoms with Gasteiger partial charge in [0.15, 0.2) is 9.84 Å². The van der Waals surface area contributed by atoms with Crippen molar-refractivity contribution in [3.8, 4) is 0 Å². The van der Waals surface area contributed by atoms with Gasteiger partial charge < -0.3 is 5.32 Å². The molecule has 1 N–H and O–H groups in total. The first-order valence-corrected chi connectivity index (χ1v) is 7.71. The van der Waals surface area contributed by atoms with Crippen molar-refractivity contribution in [3.05, 3.63) is 41.7 Å². The van der Waals surface area contributed by atoms with E-state index < -0.39 is 9.84 Å². The van der Waals surface area contributed by atoms with Crippen LogP contribution in [0.25, 0.3) is 0 Å². The van der Waals surface area contributed by atoms with Crippen LogP contribution in [0.5, 0.6) is 0 Å². The van der Waals surface area contributed by atoms with E-state index >= 15 is 0 Å². The second-order valence-corrected chi connectivity index (χ2v) is 6.82. The molecule has 0 spiro atoms. The van der Waals surface area contributed by atoms with Gasteiger partial charge in [-0.2, -0.15) is 5.10 Å². The Morgan fingerprint density at radius 2 is 2.11 bits per heavy atom. The van der Waals surface area contributed by atoms with Crippen molar-refractivity contribution in [2.75, 3.05) is 11.1 Å². The number of anilines is 1. The molecule has 100 valence electrons. The number of aromatic nitrogens is 2. The number of nitrogens with one attached hydrogen (secondary N) is 1. The molecule has 1 unspecified atom stereocenters. The summed E-state index contributed by atoms with van der Waals surface area (Å²) in [4.78, 5) is 0.439. The van der Waals surface area contributed by atoms with Crippen LogP contribution < -0.4 is 5.32 Å². The quantitative estimate of drug-likeness (QED) is 0.907. The molecule has 0 bridgehead atoms. The molecule has 1 aromatic carbocycles. The molecule has 3 rings (SSSR count). The van der Waals surface area contributed by atoms with Crippen molar-refractivity contribution >= 4 is 15.5 Å².